The van der Waals surface area contributed by atoms with Crippen LogP contribution in [0.5, 0.6) is 11.5 Å². The zero-order valence-electron chi connectivity index (χ0n) is 17.5. The van der Waals surface area contributed by atoms with Gasteiger partial charge >= 0.3 is 12.1 Å². The van der Waals surface area contributed by atoms with Gasteiger partial charge in [-0.25, -0.2) is 4.79 Å². The van der Waals surface area contributed by atoms with Gasteiger partial charge in [-0.2, -0.15) is 13.2 Å². The molecule has 0 aliphatic heterocycles. The van der Waals surface area contributed by atoms with Gasteiger partial charge in [-0.05, 0) is 66.7 Å². The molecule has 1 heterocycles. The Bertz CT molecular complexity index is 1400. The van der Waals surface area contributed by atoms with Crippen molar-refractivity contribution < 1.29 is 32.6 Å². The monoisotopic (exact) mass is 488 g/mol. The van der Waals surface area contributed by atoms with Gasteiger partial charge in [0.25, 0.3) is 0 Å². The largest absolute Gasteiger partial charge is 0.477 e. The van der Waals surface area contributed by atoms with Crippen LogP contribution in [-0.2, 0) is 11.0 Å². The van der Waals surface area contributed by atoms with Gasteiger partial charge in [-0.3, -0.25) is 4.79 Å². The standard InChI is InChI=1S/C24H16ClF3N2O4/c1-13(31)29-15-4-6-16(7-5-15)30-20-11-10-18(12-19(20)21(25)22(30)23(32)33)34-17-8-2-14(3-9-17)24(26,27)28/h2-12H,1H3,(H,29,31)(H,32,33). The summed E-state index contributed by atoms with van der Waals surface area (Å²) in [7, 11) is 0. The Kier molecular flexibility index (Phi) is 5.97. The molecule has 0 aliphatic carbocycles. The van der Waals surface area contributed by atoms with E-state index >= 15 is 0 Å². The van der Waals surface area contributed by atoms with Crippen LogP contribution in [0.4, 0.5) is 18.9 Å². The number of hydrogen-bond acceptors (Lipinski definition) is 3. The Morgan fingerprint density at radius 2 is 1.59 bits per heavy atom. The number of carbonyl (C=O) groups is 2. The second kappa shape index (κ2) is 8.75. The molecule has 1 aromatic heterocycles. The average Bonchev–Trinajstić information content (AvgIpc) is 3.06. The van der Waals surface area contributed by atoms with E-state index in [1.807, 2.05) is 0 Å². The van der Waals surface area contributed by atoms with Crippen LogP contribution in [0.1, 0.15) is 23.0 Å². The average molecular weight is 489 g/mol. The van der Waals surface area contributed by atoms with Crippen molar-refractivity contribution in [3.05, 3.63) is 83.0 Å². The minimum Gasteiger partial charge on any atom is -0.477 e. The maximum absolute atomic E-state index is 12.8. The predicted molar refractivity (Wildman–Crippen MR) is 121 cm³/mol. The van der Waals surface area contributed by atoms with Crippen LogP contribution in [0.15, 0.2) is 66.7 Å². The van der Waals surface area contributed by atoms with E-state index in [1.165, 1.54) is 29.7 Å². The number of carboxylic acid groups (broad SMARTS) is 1. The topological polar surface area (TPSA) is 80.6 Å². The molecule has 4 rings (SSSR count). The fourth-order valence-corrected chi connectivity index (χ4v) is 3.82. The van der Waals surface area contributed by atoms with Crippen molar-refractivity contribution in [1.82, 2.24) is 4.57 Å². The molecule has 0 spiro atoms. The molecule has 0 bridgehead atoms. The van der Waals surface area contributed by atoms with Gasteiger partial charge in [0.05, 0.1) is 16.1 Å². The van der Waals surface area contributed by atoms with E-state index < -0.39 is 17.7 Å². The van der Waals surface area contributed by atoms with Gasteiger partial charge in [0.1, 0.15) is 11.5 Å². The van der Waals surface area contributed by atoms with Crippen LogP contribution in [0, 0.1) is 0 Å². The van der Waals surface area contributed by atoms with E-state index in [9.17, 15) is 27.9 Å². The number of nitrogens with zero attached hydrogens (tertiary/aromatic N) is 1. The number of benzene rings is 3. The second-order valence-electron chi connectivity index (χ2n) is 7.33. The molecule has 0 radical (unpaired) electrons. The number of aromatic carboxylic acids is 1. The van der Waals surface area contributed by atoms with Gasteiger partial charge in [0.15, 0.2) is 5.69 Å². The zero-order valence-corrected chi connectivity index (χ0v) is 18.2. The summed E-state index contributed by atoms with van der Waals surface area (Å²) in [6, 6.07) is 15.4. The third-order valence-corrected chi connectivity index (χ3v) is 5.33. The molecule has 0 unspecified atom stereocenters. The lowest BCUT2D eigenvalue weighted by molar-refractivity contribution is -0.137. The van der Waals surface area contributed by atoms with E-state index in [-0.39, 0.29) is 28.1 Å². The van der Waals surface area contributed by atoms with E-state index in [1.54, 1.807) is 36.4 Å². The zero-order chi connectivity index (χ0) is 24.6. The van der Waals surface area contributed by atoms with Crippen LogP contribution in [-0.4, -0.2) is 21.6 Å². The molecular formula is C24H16ClF3N2O4. The van der Waals surface area contributed by atoms with Crippen LogP contribution in [0.3, 0.4) is 0 Å². The Hall–Kier alpha value is -3.98. The van der Waals surface area contributed by atoms with E-state index in [2.05, 4.69) is 5.32 Å². The number of hydrogen-bond donors (Lipinski definition) is 2. The molecule has 0 fully saturated rings. The summed E-state index contributed by atoms with van der Waals surface area (Å²) in [4.78, 5) is 23.2. The Morgan fingerprint density at radius 1 is 0.971 bits per heavy atom. The van der Waals surface area contributed by atoms with Gasteiger partial charge in [-0.1, -0.05) is 11.6 Å². The number of anilines is 1. The number of rotatable bonds is 5. The lowest BCUT2D eigenvalue weighted by atomic mass is 10.2. The molecule has 3 aromatic carbocycles. The van der Waals surface area contributed by atoms with Crippen molar-refractivity contribution >= 4 is 40.1 Å². The maximum Gasteiger partial charge on any atom is 0.416 e. The highest BCUT2D eigenvalue weighted by Gasteiger charge is 2.30. The lowest BCUT2D eigenvalue weighted by Crippen LogP contribution is -2.08. The van der Waals surface area contributed by atoms with E-state index in [0.29, 0.717) is 22.3 Å². The molecule has 0 saturated heterocycles. The van der Waals surface area contributed by atoms with Crippen molar-refractivity contribution in [1.29, 1.82) is 0 Å². The van der Waals surface area contributed by atoms with Gasteiger partial charge in [0, 0.05) is 23.7 Å². The summed E-state index contributed by atoms with van der Waals surface area (Å²) in [5, 5.41) is 12.8. The third kappa shape index (κ3) is 4.55. The first-order valence-corrected chi connectivity index (χ1v) is 10.2. The van der Waals surface area contributed by atoms with Crippen molar-refractivity contribution in [2.45, 2.75) is 13.1 Å². The number of fused-ring (bicyclic) bond motifs is 1. The SMILES string of the molecule is CC(=O)Nc1ccc(-n2c(C(=O)O)c(Cl)c3cc(Oc4ccc(C(F)(F)F)cc4)ccc32)cc1. The van der Waals surface area contributed by atoms with Crippen molar-refractivity contribution in [2.24, 2.45) is 0 Å². The van der Waals surface area contributed by atoms with Gasteiger partial charge in [-0.15, -0.1) is 0 Å². The first kappa shape index (κ1) is 23.2. The van der Waals surface area contributed by atoms with Crippen LogP contribution in [0.25, 0.3) is 16.6 Å². The number of carboxylic acids is 1. The molecule has 174 valence electrons. The minimum atomic E-state index is -4.46. The van der Waals surface area contributed by atoms with E-state index in [0.717, 1.165) is 12.1 Å². The molecule has 0 aliphatic rings. The highest BCUT2D eigenvalue weighted by atomic mass is 35.5. The normalized spacial score (nSPS) is 11.4. The summed E-state index contributed by atoms with van der Waals surface area (Å²) in [6.07, 6.45) is -4.46. The number of carbonyl (C=O) groups excluding carboxylic acids is 1. The number of ether oxygens (including phenoxy) is 1. The number of amides is 1. The fourth-order valence-electron chi connectivity index (χ4n) is 3.50. The lowest BCUT2D eigenvalue weighted by Gasteiger charge is -2.11. The van der Waals surface area contributed by atoms with E-state index in [4.69, 9.17) is 16.3 Å². The highest BCUT2D eigenvalue weighted by molar-refractivity contribution is 6.38. The molecule has 0 saturated carbocycles. The van der Waals surface area contributed by atoms with Crippen molar-refractivity contribution in [3.63, 3.8) is 0 Å². The molecule has 0 atom stereocenters. The Balaban J connectivity index is 1.73. The fraction of sp³-hybridized carbons (Fsp3) is 0.0833. The first-order chi connectivity index (χ1) is 16.0. The van der Waals surface area contributed by atoms with Gasteiger partial charge in [0.2, 0.25) is 5.91 Å². The summed E-state index contributed by atoms with van der Waals surface area (Å²) in [6.45, 7) is 1.38. The van der Waals surface area contributed by atoms with Crippen molar-refractivity contribution in [3.8, 4) is 17.2 Å². The van der Waals surface area contributed by atoms with Crippen LogP contribution < -0.4 is 10.1 Å². The highest BCUT2D eigenvalue weighted by Crippen LogP contribution is 2.37. The third-order valence-electron chi connectivity index (χ3n) is 4.94. The molecule has 2 N–H and O–H groups in total. The smallest absolute Gasteiger partial charge is 0.416 e. The molecule has 10 heteroatoms. The van der Waals surface area contributed by atoms with Gasteiger partial charge < -0.3 is 19.7 Å². The number of nitrogens with one attached hydrogen (secondary N) is 1. The predicted octanol–water partition coefficient (Wildman–Crippen LogP) is 6.75. The molecular weight excluding hydrogens is 473 g/mol. The number of aromatic nitrogens is 1. The maximum atomic E-state index is 12.8. The molecule has 1 amide bonds. The molecule has 4 aromatic rings. The summed E-state index contributed by atoms with van der Waals surface area (Å²) in [5.41, 5.74) is 0.554. The molecule has 34 heavy (non-hydrogen) atoms. The number of halogens is 4. The summed E-state index contributed by atoms with van der Waals surface area (Å²) in [5.74, 6) is -1.05. The summed E-state index contributed by atoms with van der Waals surface area (Å²) >= 11 is 6.41. The Morgan fingerprint density at radius 3 is 2.15 bits per heavy atom. The van der Waals surface area contributed by atoms with Crippen LogP contribution >= 0.6 is 11.6 Å². The van der Waals surface area contributed by atoms with Crippen molar-refractivity contribution in [2.75, 3.05) is 5.32 Å². The second-order valence-corrected chi connectivity index (χ2v) is 7.71. The first-order valence-electron chi connectivity index (χ1n) is 9.85. The minimum absolute atomic E-state index is 0.0219. The molecule has 6 nitrogen and oxygen atoms in total. The Labute approximate surface area is 196 Å². The quantitative estimate of drug-likeness (QED) is 0.325. The van der Waals surface area contributed by atoms with Crippen LogP contribution in [0.2, 0.25) is 5.02 Å². The number of alkyl halides is 3. The summed E-state index contributed by atoms with van der Waals surface area (Å²) < 4.78 is 45.4.